The summed E-state index contributed by atoms with van der Waals surface area (Å²) in [7, 11) is 3.95. The van der Waals surface area contributed by atoms with E-state index in [1.807, 2.05) is 21.0 Å². The van der Waals surface area contributed by atoms with Crippen molar-refractivity contribution in [2.24, 2.45) is 5.73 Å². The van der Waals surface area contributed by atoms with E-state index < -0.39 is 0 Å². The second kappa shape index (κ2) is 5.62. The number of nitrogens with zero attached hydrogens (tertiary/aromatic N) is 1. The quantitative estimate of drug-likeness (QED) is 0.883. The first-order valence-corrected chi connectivity index (χ1v) is 5.66. The summed E-state index contributed by atoms with van der Waals surface area (Å²) in [5.41, 5.74) is 6.80. The summed E-state index contributed by atoms with van der Waals surface area (Å²) in [6.07, 6.45) is 0.814. The third kappa shape index (κ3) is 3.44. The van der Waals surface area contributed by atoms with E-state index in [0.717, 1.165) is 12.0 Å². The topological polar surface area (TPSA) is 29.3 Å². The van der Waals surface area contributed by atoms with Crippen molar-refractivity contribution >= 4 is 11.6 Å². The second-order valence-corrected chi connectivity index (χ2v) is 4.77. The Kier molecular flexibility index (Phi) is 4.71. The lowest BCUT2D eigenvalue weighted by Gasteiger charge is -2.26. The monoisotopic (exact) mass is 244 g/mol. The van der Waals surface area contributed by atoms with Crippen LogP contribution in [0.2, 0.25) is 5.02 Å². The molecule has 1 aromatic carbocycles. The van der Waals surface area contributed by atoms with Gasteiger partial charge in [0, 0.05) is 12.1 Å². The van der Waals surface area contributed by atoms with Crippen LogP contribution in [0.1, 0.15) is 24.9 Å². The third-order valence-electron chi connectivity index (χ3n) is 2.55. The summed E-state index contributed by atoms with van der Waals surface area (Å²) in [4.78, 5) is 2.06. The molecular weight excluding hydrogens is 227 g/mol. The Morgan fingerprint density at radius 1 is 1.44 bits per heavy atom. The summed E-state index contributed by atoms with van der Waals surface area (Å²) in [6.45, 7) is 1.96. The molecule has 4 heteroatoms. The smallest absolute Gasteiger partial charge is 0.141 e. The summed E-state index contributed by atoms with van der Waals surface area (Å²) in [5.74, 6) is -0.385. The minimum absolute atomic E-state index is 0.0937. The molecule has 1 aromatic rings. The zero-order valence-electron chi connectivity index (χ0n) is 9.87. The van der Waals surface area contributed by atoms with Crippen LogP contribution in [-0.4, -0.2) is 25.0 Å². The van der Waals surface area contributed by atoms with E-state index in [9.17, 15) is 4.39 Å². The molecule has 0 fully saturated rings. The van der Waals surface area contributed by atoms with Gasteiger partial charge >= 0.3 is 0 Å². The van der Waals surface area contributed by atoms with Crippen LogP contribution in [-0.2, 0) is 0 Å². The van der Waals surface area contributed by atoms with Gasteiger partial charge < -0.3 is 10.6 Å². The molecule has 1 rings (SSSR count). The SMILES string of the molecule is CC(N)CC(c1ccc(F)c(Cl)c1)N(C)C. The highest BCUT2D eigenvalue weighted by atomic mass is 35.5. The van der Waals surface area contributed by atoms with Crippen LogP contribution < -0.4 is 5.73 Å². The van der Waals surface area contributed by atoms with E-state index in [4.69, 9.17) is 17.3 Å². The molecule has 0 heterocycles. The highest BCUT2D eigenvalue weighted by Gasteiger charge is 2.16. The molecule has 0 aliphatic heterocycles. The lowest BCUT2D eigenvalue weighted by Crippen LogP contribution is -2.27. The third-order valence-corrected chi connectivity index (χ3v) is 2.84. The summed E-state index contributed by atoms with van der Waals surface area (Å²) in [6, 6.07) is 5.09. The van der Waals surface area contributed by atoms with Crippen molar-refractivity contribution in [1.82, 2.24) is 4.90 Å². The second-order valence-electron chi connectivity index (χ2n) is 4.37. The van der Waals surface area contributed by atoms with E-state index in [0.29, 0.717) is 0 Å². The molecule has 2 atom stereocenters. The standard InChI is InChI=1S/C12H18ClFN2/c1-8(15)6-12(16(2)3)9-4-5-11(14)10(13)7-9/h4-5,7-8,12H,6,15H2,1-3H3. The van der Waals surface area contributed by atoms with Gasteiger partial charge in [0.25, 0.3) is 0 Å². The fourth-order valence-electron chi connectivity index (χ4n) is 1.72. The first-order chi connectivity index (χ1) is 7.41. The van der Waals surface area contributed by atoms with Gasteiger partial charge in [-0.2, -0.15) is 0 Å². The van der Waals surface area contributed by atoms with Gasteiger partial charge in [0.15, 0.2) is 0 Å². The largest absolute Gasteiger partial charge is 0.328 e. The van der Waals surface area contributed by atoms with E-state index in [1.165, 1.54) is 6.07 Å². The fraction of sp³-hybridized carbons (Fsp3) is 0.500. The van der Waals surface area contributed by atoms with E-state index in [-0.39, 0.29) is 22.9 Å². The van der Waals surface area contributed by atoms with Gasteiger partial charge in [-0.25, -0.2) is 4.39 Å². The van der Waals surface area contributed by atoms with Gasteiger partial charge in [-0.05, 0) is 45.1 Å². The lowest BCUT2D eigenvalue weighted by atomic mass is 9.99. The fourth-order valence-corrected chi connectivity index (χ4v) is 1.91. The predicted molar refractivity (Wildman–Crippen MR) is 66.1 cm³/mol. The van der Waals surface area contributed by atoms with Gasteiger partial charge in [0.05, 0.1) is 5.02 Å². The minimum Gasteiger partial charge on any atom is -0.328 e. The lowest BCUT2D eigenvalue weighted by molar-refractivity contribution is 0.272. The molecule has 0 radical (unpaired) electrons. The highest BCUT2D eigenvalue weighted by Crippen LogP contribution is 2.26. The Labute approximate surface area is 101 Å². The molecule has 16 heavy (non-hydrogen) atoms. The Hall–Kier alpha value is -0.640. The van der Waals surface area contributed by atoms with Crippen LogP contribution in [0, 0.1) is 5.82 Å². The van der Waals surface area contributed by atoms with Crippen LogP contribution in [0.3, 0.4) is 0 Å². The maximum atomic E-state index is 13.1. The summed E-state index contributed by atoms with van der Waals surface area (Å²) in [5, 5.41) is 0.161. The average molecular weight is 245 g/mol. The molecule has 0 aliphatic rings. The minimum atomic E-state index is -0.385. The van der Waals surface area contributed by atoms with Crippen molar-refractivity contribution in [3.63, 3.8) is 0 Å². The zero-order chi connectivity index (χ0) is 12.3. The molecule has 0 amide bonds. The number of hydrogen-bond acceptors (Lipinski definition) is 2. The van der Waals surface area contributed by atoms with Crippen LogP contribution in [0.15, 0.2) is 18.2 Å². The van der Waals surface area contributed by atoms with Crippen LogP contribution >= 0.6 is 11.6 Å². The van der Waals surface area contributed by atoms with Crippen molar-refractivity contribution in [3.05, 3.63) is 34.6 Å². The van der Waals surface area contributed by atoms with E-state index in [1.54, 1.807) is 12.1 Å². The van der Waals surface area contributed by atoms with Gasteiger partial charge in [0.2, 0.25) is 0 Å². The Morgan fingerprint density at radius 2 is 2.06 bits per heavy atom. The number of benzene rings is 1. The molecule has 90 valence electrons. The van der Waals surface area contributed by atoms with Crippen molar-refractivity contribution in [3.8, 4) is 0 Å². The maximum Gasteiger partial charge on any atom is 0.141 e. The first kappa shape index (κ1) is 13.4. The molecule has 2 unspecified atom stereocenters. The van der Waals surface area contributed by atoms with Gasteiger partial charge in [0.1, 0.15) is 5.82 Å². The maximum absolute atomic E-state index is 13.1. The number of hydrogen-bond donors (Lipinski definition) is 1. The Balaban J connectivity index is 2.97. The van der Waals surface area contributed by atoms with Gasteiger partial charge in [-0.3, -0.25) is 0 Å². The predicted octanol–water partition coefficient (Wildman–Crippen LogP) is 2.82. The molecule has 0 bridgehead atoms. The normalized spacial score (nSPS) is 15.2. The molecule has 2 nitrogen and oxygen atoms in total. The van der Waals surface area contributed by atoms with Crippen LogP contribution in [0.4, 0.5) is 4.39 Å². The van der Waals surface area contributed by atoms with Gasteiger partial charge in [-0.1, -0.05) is 17.7 Å². The van der Waals surface area contributed by atoms with Crippen molar-refractivity contribution in [2.45, 2.75) is 25.4 Å². The molecule has 2 N–H and O–H groups in total. The highest BCUT2D eigenvalue weighted by molar-refractivity contribution is 6.30. The van der Waals surface area contributed by atoms with E-state index in [2.05, 4.69) is 4.90 Å². The Bertz CT molecular complexity index is 353. The van der Waals surface area contributed by atoms with Crippen LogP contribution in [0.25, 0.3) is 0 Å². The zero-order valence-corrected chi connectivity index (χ0v) is 10.6. The van der Waals surface area contributed by atoms with Crippen molar-refractivity contribution in [1.29, 1.82) is 0 Å². The number of halogens is 2. The van der Waals surface area contributed by atoms with Crippen LogP contribution in [0.5, 0.6) is 0 Å². The van der Waals surface area contributed by atoms with E-state index >= 15 is 0 Å². The molecule has 0 aromatic heterocycles. The number of nitrogens with two attached hydrogens (primary N) is 1. The molecule has 0 spiro atoms. The average Bonchev–Trinajstić information content (AvgIpc) is 2.18. The number of rotatable bonds is 4. The molecule has 0 aliphatic carbocycles. The Morgan fingerprint density at radius 3 is 2.50 bits per heavy atom. The van der Waals surface area contributed by atoms with Gasteiger partial charge in [-0.15, -0.1) is 0 Å². The molecule has 0 saturated carbocycles. The molecule has 0 saturated heterocycles. The van der Waals surface area contributed by atoms with Crippen molar-refractivity contribution < 1.29 is 4.39 Å². The van der Waals surface area contributed by atoms with Crippen molar-refractivity contribution in [2.75, 3.05) is 14.1 Å². The first-order valence-electron chi connectivity index (χ1n) is 5.28. The summed E-state index contributed by atoms with van der Waals surface area (Å²) < 4.78 is 13.1. The molecular formula is C12H18ClFN2. The summed E-state index contributed by atoms with van der Waals surface area (Å²) >= 11 is 5.77.